The van der Waals surface area contributed by atoms with Gasteiger partial charge in [0.1, 0.15) is 0 Å². The fourth-order valence-electron chi connectivity index (χ4n) is 3.90. The summed E-state index contributed by atoms with van der Waals surface area (Å²) >= 11 is 0. The van der Waals surface area contributed by atoms with Gasteiger partial charge in [0.15, 0.2) is 8.32 Å². The van der Waals surface area contributed by atoms with E-state index in [2.05, 4.69) is 40.8 Å². The zero-order valence-electron chi connectivity index (χ0n) is 23.8. The molecule has 0 unspecified atom stereocenters. The molecule has 0 saturated heterocycles. The Hall–Kier alpha value is -0.653. The van der Waals surface area contributed by atoms with Gasteiger partial charge < -0.3 is 14.3 Å². The molecule has 0 aliphatic carbocycles. The summed E-state index contributed by atoms with van der Waals surface area (Å²) in [6, 6.07) is 0. The van der Waals surface area contributed by atoms with Crippen molar-refractivity contribution in [2.24, 2.45) is 0 Å². The fraction of sp³-hybridized carbons (Fsp3) is 0.897. The van der Waals surface area contributed by atoms with E-state index in [1.165, 1.54) is 83.1 Å². The topological polar surface area (TPSA) is 55.8 Å². The molecule has 0 bridgehead atoms. The van der Waals surface area contributed by atoms with Gasteiger partial charge in [-0.15, -0.1) is 0 Å². The lowest BCUT2D eigenvalue weighted by Gasteiger charge is -2.39. The molecule has 0 aliphatic heterocycles. The monoisotopic (exact) mass is 498 g/mol. The lowest BCUT2D eigenvalue weighted by molar-refractivity contribution is -0.137. The van der Waals surface area contributed by atoms with Crippen molar-refractivity contribution in [1.29, 1.82) is 0 Å². The average Bonchev–Trinajstić information content (AvgIpc) is 2.75. The minimum Gasteiger partial charge on any atom is -0.463 e. The number of hydrogen-bond donors (Lipinski definition) is 1. The summed E-state index contributed by atoms with van der Waals surface area (Å²) in [5, 5.41) is 10.5. The van der Waals surface area contributed by atoms with Crippen LogP contribution in [0.4, 0.5) is 0 Å². The zero-order valence-corrected chi connectivity index (χ0v) is 24.8. The molecule has 0 fully saturated rings. The van der Waals surface area contributed by atoms with Crippen LogP contribution in [0.1, 0.15) is 131 Å². The van der Waals surface area contributed by atoms with Crippen LogP contribution >= 0.6 is 0 Å². The van der Waals surface area contributed by atoms with Crippen LogP contribution in [0, 0.1) is 0 Å². The van der Waals surface area contributed by atoms with Gasteiger partial charge in [-0.2, -0.15) is 0 Å². The number of aliphatic hydroxyl groups excluding tert-OH is 1. The van der Waals surface area contributed by atoms with Crippen molar-refractivity contribution in [2.45, 2.75) is 161 Å². The highest BCUT2D eigenvalue weighted by Gasteiger charge is 2.39. The third-order valence-corrected chi connectivity index (χ3v) is 11.7. The molecular weight excluding hydrogens is 440 g/mol. The Labute approximate surface area is 213 Å². The van der Waals surface area contributed by atoms with Crippen molar-refractivity contribution in [3.05, 3.63) is 12.2 Å². The Morgan fingerprint density at radius 3 is 1.79 bits per heavy atom. The van der Waals surface area contributed by atoms with Gasteiger partial charge in [0.05, 0.1) is 12.7 Å². The number of unbranched alkanes of at least 4 members (excludes halogenated alkanes) is 11. The standard InChI is InChI=1S/C29H58O4Si/c1-8-10-11-12-13-14-15-16-17-18-19-20-21-27(33-34(6,7)29(3,4)5)24-22-26(30)23-25-28(31)32-9-2/h23,25-27,30H,8-22,24H2,1-7H3/b25-23+/t26-,27-/m0/s1. The Kier molecular flexibility index (Phi) is 19.2. The molecule has 34 heavy (non-hydrogen) atoms. The Bertz CT molecular complexity index is 525. The maximum atomic E-state index is 11.5. The minimum atomic E-state index is -1.86. The van der Waals surface area contributed by atoms with Crippen LogP contribution in [-0.4, -0.2) is 38.2 Å². The lowest BCUT2D eigenvalue weighted by atomic mass is 10.0. The van der Waals surface area contributed by atoms with Crippen LogP contribution in [-0.2, 0) is 14.0 Å². The molecule has 0 saturated carbocycles. The molecule has 0 aliphatic rings. The highest BCUT2D eigenvalue weighted by molar-refractivity contribution is 6.74. The minimum absolute atomic E-state index is 0.171. The SMILES string of the molecule is CCCCCCCCCCCCCC[C@@H](CC[C@H](O)/C=C/C(=O)OCC)O[Si](C)(C)C(C)(C)C. The molecule has 0 aromatic rings. The number of rotatable bonds is 21. The molecule has 1 N–H and O–H groups in total. The molecular formula is C29H58O4Si. The van der Waals surface area contributed by atoms with E-state index >= 15 is 0 Å². The van der Waals surface area contributed by atoms with Gasteiger partial charge >= 0.3 is 5.97 Å². The Morgan fingerprint density at radius 2 is 1.32 bits per heavy atom. The molecule has 0 radical (unpaired) electrons. The van der Waals surface area contributed by atoms with Crippen molar-refractivity contribution in [3.63, 3.8) is 0 Å². The highest BCUT2D eigenvalue weighted by atomic mass is 28.4. The molecule has 2 atom stereocenters. The van der Waals surface area contributed by atoms with Gasteiger partial charge in [-0.25, -0.2) is 4.79 Å². The number of esters is 1. The van der Waals surface area contributed by atoms with E-state index in [-0.39, 0.29) is 11.1 Å². The van der Waals surface area contributed by atoms with Crippen molar-refractivity contribution in [1.82, 2.24) is 0 Å². The van der Waals surface area contributed by atoms with Gasteiger partial charge in [-0.1, -0.05) is 105 Å². The fourth-order valence-corrected chi connectivity index (χ4v) is 5.32. The van der Waals surface area contributed by atoms with E-state index in [4.69, 9.17) is 9.16 Å². The summed E-state index contributed by atoms with van der Waals surface area (Å²) in [6.45, 7) is 15.8. The van der Waals surface area contributed by atoms with Crippen LogP contribution in [0.5, 0.6) is 0 Å². The first kappa shape index (κ1) is 33.3. The molecule has 202 valence electrons. The van der Waals surface area contributed by atoms with E-state index in [1.807, 2.05) is 0 Å². The second-order valence-corrected chi connectivity index (χ2v) is 16.2. The van der Waals surface area contributed by atoms with Crippen LogP contribution in [0.25, 0.3) is 0 Å². The molecule has 5 heteroatoms. The van der Waals surface area contributed by atoms with Crippen LogP contribution in [0.2, 0.25) is 18.1 Å². The smallest absolute Gasteiger partial charge is 0.330 e. The number of hydrogen-bond acceptors (Lipinski definition) is 4. The van der Waals surface area contributed by atoms with E-state index in [0.29, 0.717) is 13.0 Å². The molecule has 0 aromatic heterocycles. The normalized spacial score (nSPS) is 14.5. The number of carbonyl (C=O) groups excluding carboxylic acids is 1. The maximum absolute atomic E-state index is 11.5. The second-order valence-electron chi connectivity index (χ2n) is 11.4. The third kappa shape index (κ3) is 17.7. The second kappa shape index (κ2) is 19.5. The Morgan fingerprint density at radius 1 is 0.824 bits per heavy atom. The summed E-state index contributed by atoms with van der Waals surface area (Å²) in [5.74, 6) is -0.396. The molecule has 0 rings (SSSR count). The van der Waals surface area contributed by atoms with Crippen molar-refractivity contribution in [3.8, 4) is 0 Å². The first-order chi connectivity index (χ1) is 16.0. The highest BCUT2D eigenvalue weighted by Crippen LogP contribution is 2.38. The maximum Gasteiger partial charge on any atom is 0.330 e. The van der Waals surface area contributed by atoms with Gasteiger partial charge in [-0.3, -0.25) is 0 Å². The van der Waals surface area contributed by atoms with Gasteiger partial charge in [0.2, 0.25) is 0 Å². The van der Waals surface area contributed by atoms with Crippen molar-refractivity contribution in [2.75, 3.05) is 6.61 Å². The van der Waals surface area contributed by atoms with Crippen LogP contribution in [0.3, 0.4) is 0 Å². The summed E-state index contributed by atoms with van der Waals surface area (Å²) in [7, 11) is -1.86. The first-order valence-corrected chi connectivity index (χ1v) is 17.1. The summed E-state index contributed by atoms with van der Waals surface area (Å²) in [5.41, 5.74) is 0. The van der Waals surface area contributed by atoms with Crippen LogP contribution < -0.4 is 0 Å². The first-order valence-electron chi connectivity index (χ1n) is 14.2. The van der Waals surface area contributed by atoms with Crippen LogP contribution in [0.15, 0.2) is 12.2 Å². The van der Waals surface area contributed by atoms with Gasteiger partial charge in [-0.05, 0) is 50.4 Å². The summed E-state index contributed by atoms with van der Waals surface area (Å²) < 4.78 is 11.6. The number of carbonyl (C=O) groups is 1. The molecule has 0 amide bonds. The quantitative estimate of drug-likeness (QED) is 0.0744. The zero-order chi connectivity index (χ0) is 25.9. The van der Waals surface area contributed by atoms with E-state index in [1.54, 1.807) is 13.0 Å². The van der Waals surface area contributed by atoms with E-state index in [9.17, 15) is 9.90 Å². The van der Waals surface area contributed by atoms with E-state index < -0.39 is 20.4 Å². The lowest BCUT2D eigenvalue weighted by Crippen LogP contribution is -2.44. The summed E-state index contributed by atoms with van der Waals surface area (Å²) in [4.78, 5) is 11.5. The van der Waals surface area contributed by atoms with Crippen molar-refractivity contribution >= 4 is 14.3 Å². The average molecular weight is 499 g/mol. The summed E-state index contributed by atoms with van der Waals surface area (Å²) in [6.07, 6.45) is 21.1. The predicted molar refractivity (Wildman–Crippen MR) is 149 cm³/mol. The largest absolute Gasteiger partial charge is 0.463 e. The number of ether oxygens (including phenoxy) is 1. The van der Waals surface area contributed by atoms with Gasteiger partial charge in [0.25, 0.3) is 0 Å². The molecule has 4 nitrogen and oxygen atoms in total. The number of aliphatic hydroxyl groups is 1. The van der Waals surface area contributed by atoms with Gasteiger partial charge in [0, 0.05) is 12.2 Å². The Balaban J connectivity index is 4.35. The predicted octanol–water partition coefficient (Wildman–Crippen LogP) is 8.73. The van der Waals surface area contributed by atoms with Crippen molar-refractivity contribution < 1.29 is 19.1 Å². The molecule has 0 spiro atoms. The molecule has 0 heterocycles. The third-order valence-electron chi connectivity index (χ3n) is 7.17. The molecule has 0 aromatic carbocycles. The van der Waals surface area contributed by atoms with E-state index in [0.717, 1.165) is 12.8 Å².